The van der Waals surface area contributed by atoms with Crippen molar-refractivity contribution >= 4 is 22.5 Å². The molecule has 0 saturated carbocycles. The second-order valence-electron chi connectivity index (χ2n) is 4.44. The van der Waals surface area contributed by atoms with E-state index < -0.39 is 0 Å². The number of para-hydroxylation sites is 1. The van der Waals surface area contributed by atoms with Crippen LogP contribution in [0, 0.1) is 0 Å². The molecule has 0 aliphatic heterocycles. The van der Waals surface area contributed by atoms with Crippen LogP contribution in [0.3, 0.4) is 0 Å². The van der Waals surface area contributed by atoms with Gasteiger partial charge in [-0.05, 0) is 12.5 Å². The van der Waals surface area contributed by atoms with Crippen molar-refractivity contribution < 1.29 is 4.79 Å². The molecule has 1 unspecified atom stereocenters. The molecule has 96 valence electrons. The third kappa shape index (κ3) is 2.87. The van der Waals surface area contributed by atoms with Gasteiger partial charge in [0.15, 0.2) is 0 Å². The monoisotopic (exact) mass is 246 g/mol. The normalized spacial score (nSPS) is 12.6. The number of hydrogen-bond acceptors (Lipinski definition) is 3. The van der Waals surface area contributed by atoms with Crippen LogP contribution in [0.5, 0.6) is 0 Å². The zero-order valence-electron chi connectivity index (χ0n) is 10.4. The number of carbonyl (C=O) groups is 1. The van der Waals surface area contributed by atoms with Crippen molar-refractivity contribution in [2.75, 3.05) is 5.32 Å². The number of rotatable bonds is 5. The molecule has 1 heterocycles. The summed E-state index contributed by atoms with van der Waals surface area (Å²) in [6.07, 6.45) is 3.93. The van der Waals surface area contributed by atoms with E-state index in [1.54, 1.807) is 6.20 Å². The zero-order chi connectivity index (χ0) is 13.0. The highest BCUT2D eigenvalue weighted by Gasteiger charge is 2.10. The van der Waals surface area contributed by atoms with E-state index in [0.717, 1.165) is 29.4 Å². The Balaban J connectivity index is 2.05. The van der Waals surface area contributed by atoms with Crippen molar-refractivity contribution in [3.05, 3.63) is 24.4 Å². The van der Waals surface area contributed by atoms with E-state index in [1.807, 2.05) is 18.2 Å². The number of aromatic amines is 1. The first-order valence-electron chi connectivity index (χ1n) is 6.18. The van der Waals surface area contributed by atoms with Gasteiger partial charge in [-0.25, -0.2) is 0 Å². The number of aromatic nitrogens is 2. The van der Waals surface area contributed by atoms with E-state index in [2.05, 4.69) is 22.4 Å². The van der Waals surface area contributed by atoms with Crippen molar-refractivity contribution in [3.63, 3.8) is 0 Å². The molecule has 0 aliphatic rings. The molecule has 0 bridgehead atoms. The first-order valence-corrected chi connectivity index (χ1v) is 6.18. The molecule has 1 atom stereocenters. The van der Waals surface area contributed by atoms with Gasteiger partial charge in [-0.15, -0.1) is 0 Å². The lowest BCUT2D eigenvalue weighted by molar-refractivity contribution is -0.116. The fourth-order valence-corrected chi connectivity index (χ4v) is 1.99. The molecule has 1 aromatic heterocycles. The van der Waals surface area contributed by atoms with Crippen LogP contribution in [0.1, 0.15) is 26.2 Å². The number of amides is 1. The van der Waals surface area contributed by atoms with Crippen LogP contribution >= 0.6 is 0 Å². The summed E-state index contributed by atoms with van der Waals surface area (Å²) >= 11 is 0. The van der Waals surface area contributed by atoms with Gasteiger partial charge in [0.05, 0.1) is 17.4 Å². The second-order valence-corrected chi connectivity index (χ2v) is 4.44. The maximum Gasteiger partial charge on any atom is 0.225 e. The molecule has 0 fully saturated rings. The molecule has 1 aromatic carbocycles. The van der Waals surface area contributed by atoms with E-state index in [4.69, 9.17) is 5.73 Å². The number of carbonyl (C=O) groups excluding carboxylic acids is 1. The van der Waals surface area contributed by atoms with E-state index in [1.165, 1.54) is 0 Å². The number of fused-ring (bicyclic) bond motifs is 1. The van der Waals surface area contributed by atoms with Gasteiger partial charge < -0.3 is 11.1 Å². The number of anilines is 1. The zero-order valence-corrected chi connectivity index (χ0v) is 10.4. The molecule has 0 saturated heterocycles. The number of hydrogen-bond donors (Lipinski definition) is 3. The molecule has 5 nitrogen and oxygen atoms in total. The molecule has 2 rings (SSSR count). The molecule has 18 heavy (non-hydrogen) atoms. The first-order chi connectivity index (χ1) is 8.70. The largest absolute Gasteiger partial charge is 0.327 e. The molecule has 0 radical (unpaired) electrons. The average molecular weight is 246 g/mol. The van der Waals surface area contributed by atoms with Crippen molar-refractivity contribution in [2.45, 2.75) is 32.2 Å². The van der Waals surface area contributed by atoms with Gasteiger partial charge in [0.2, 0.25) is 5.91 Å². The summed E-state index contributed by atoms with van der Waals surface area (Å²) in [5, 5.41) is 10.7. The maximum atomic E-state index is 11.8. The lowest BCUT2D eigenvalue weighted by Gasteiger charge is -2.10. The Hall–Kier alpha value is -1.88. The Morgan fingerprint density at radius 3 is 3.17 bits per heavy atom. The van der Waals surface area contributed by atoms with Crippen molar-refractivity contribution in [1.29, 1.82) is 0 Å². The summed E-state index contributed by atoms with van der Waals surface area (Å²) in [6.45, 7) is 2.06. The number of H-pyrrole nitrogens is 1. The van der Waals surface area contributed by atoms with Gasteiger partial charge in [-0.3, -0.25) is 9.89 Å². The van der Waals surface area contributed by atoms with Crippen LogP contribution < -0.4 is 11.1 Å². The van der Waals surface area contributed by atoms with Gasteiger partial charge in [-0.1, -0.05) is 25.5 Å². The third-order valence-corrected chi connectivity index (χ3v) is 2.86. The molecular formula is C13H18N4O. The van der Waals surface area contributed by atoms with Gasteiger partial charge >= 0.3 is 0 Å². The van der Waals surface area contributed by atoms with Crippen LogP contribution in [0.15, 0.2) is 24.4 Å². The van der Waals surface area contributed by atoms with E-state index in [-0.39, 0.29) is 11.9 Å². The Morgan fingerprint density at radius 2 is 2.39 bits per heavy atom. The van der Waals surface area contributed by atoms with Gasteiger partial charge in [0, 0.05) is 17.8 Å². The minimum atomic E-state index is -0.0732. The molecule has 1 amide bonds. The lowest BCUT2D eigenvalue weighted by Crippen LogP contribution is -2.26. The van der Waals surface area contributed by atoms with Gasteiger partial charge in [-0.2, -0.15) is 5.10 Å². The molecule has 2 aromatic rings. The van der Waals surface area contributed by atoms with Crippen LogP contribution in [-0.4, -0.2) is 22.1 Å². The highest BCUT2D eigenvalue weighted by Crippen LogP contribution is 2.20. The fourth-order valence-electron chi connectivity index (χ4n) is 1.99. The molecule has 0 spiro atoms. The summed E-state index contributed by atoms with van der Waals surface area (Å²) in [6, 6.07) is 5.61. The predicted molar refractivity (Wildman–Crippen MR) is 72.2 cm³/mol. The topological polar surface area (TPSA) is 83.8 Å². The summed E-state index contributed by atoms with van der Waals surface area (Å²) in [5.41, 5.74) is 7.44. The van der Waals surface area contributed by atoms with Gasteiger partial charge in [0.25, 0.3) is 0 Å². The minimum Gasteiger partial charge on any atom is -0.327 e. The maximum absolute atomic E-state index is 11.8. The van der Waals surface area contributed by atoms with Crippen LogP contribution in [0.2, 0.25) is 0 Å². The first kappa shape index (κ1) is 12.6. The summed E-state index contributed by atoms with van der Waals surface area (Å²) in [4.78, 5) is 11.8. The summed E-state index contributed by atoms with van der Waals surface area (Å²) in [5.74, 6) is -0.0574. The van der Waals surface area contributed by atoms with E-state index in [9.17, 15) is 4.79 Å². The summed E-state index contributed by atoms with van der Waals surface area (Å²) in [7, 11) is 0. The van der Waals surface area contributed by atoms with E-state index >= 15 is 0 Å². The number of nitrogens with two attached hydrogens (primary N) is 1. The number of nitrogens with zero attached hydrogens (tertiary/aromatic N) is 1. The minimum absolute atomic E-state index is 0.0574. The Kier molecular flexibility index (Phi) is 3.94. The second kappa shape index (κ2) is 5.64. The number of nitrogens with one attached hydrogen (secondary N) is 2. The SMILES string of the molecule is CCCC(N)CC(=O)Nc1cccc2cn[nH]c12. The highest BCUT2D eigenvalue weighted by molar-refractivity contribution is 6.00. The van der Waals surface area contributed by atoms with Crippen LogP contribution in [0.4, 0.5) is 5.69 Å². The van der Waals surface area contributed by atoms with Crippen molar-refractivity contribution in [1.82, 2.24) is 10.2 Å². The Labute approximate surface area is 106 Å². The summed E-state index contributed by atoms with van der Waals surface area (Å²) < 4.78 is 0. The molecular weight excluding hydrogens is 228 g/mol. The standard InChI is InChI=1S/C13H18N4O/c1-2-4-10(14)7-12(18)16-11-6-3-5-9-8-15-17-13(9)11/h3,5-6,8,10H,2,4,7,14H2,1H3,(H,15,17)(H,16,18). The van der Waals surface area contributed by atoms with Crippen LogP contribution in [0.25, 0.3) is 10.9 Å². The molecule has 5 heteroatoms. The molecule has 4 N–H and O–H groups in total. The van der Waals surface area contributed by atoms with Gasteiger partial charge in [0.1, 0.15) is 0 Å². The quantitative estimate of drug-likeness (QED) is 0.754. The average Bonchev–Trinajstić information content (AvgIpc) is 2.78. The van der Waals surface area contributed by atoms with Crippen LogP contribution in [-0.2, 0) is 4.79 Å². The Bertz CT molecular complexity index is 535. The Morgan fingerprint density at radius 1 is 1.56 bits per heavy atom. The molecule has 0 aliphatic carbocycles. The van der Waals surface area contributed by atoms with E-state index in [0.29, 0.717) is 6.42 Å². The number of benzene rings is 1. The highest BCUT2D eigenvalue weighted by atomic mass is 16.1. The predicted octanol–water partition coefficient (Wildman–Crippen LogP) is 2.02. The lowest BCUT2D eigenvalue weighted by atomic mass is 10.1. The smallest absolute Gasteiger partial charge is 0.225 e. The van der Waals surface area contributed by atoms with Crippen molar-refractivity contribution in [2.24, 2.45) is 5.73 Å². The third-order valence-electron chi connectivity index (χ3n) is 2.86. The fraction of sp³-hybridized carbons (Fsp3) is 0.385. The van der Waals surface area contributed by atoms with Crippen molar-refractivity contribution in [3.8, 4) is 0 Å².